The number of rotatable bonds is 7. The molecule has 5 heteroatoms. The van der Waals surface area contributed by atoms with E-state index in [0.29, 0.717) is 28.7 Å². The van der Waals surface area contributed by atoms with E-state index < -0.39 is 0 Å². The highest BCUT2D eigenvalue weighted by molar-refractivity contribution is 6.32. The van der Waals surface area contributed by atoms with Crippen LogP contribution in [0, 0.1) is 19.7 Å². The van der Waals surface area contributed by atoms with Gasteiger partial charge in [0.05, 0.1) is 17.3 Å². The van der Waals surface area contributed by atoms with E-state index in [9.17, 15) is 4.39 Å². The van der Waals surface area contributed by atoms with Gasteiger partial charge in [0.1, 0.15) is 12.4 Å². The lowest BCUT2D eigenvalue weighted by atomic mass is 10.1. The van der Waals surface area contributed by atoms with Crippen molar-refractivity contribution in [1.29, 1.82) is 0 Å². The van der Waals surface area contributed by atoms with Crippen LogP contribution in [0.25, 0.3) is 0 Å². The van der Waals surface area contributed by atoms with Crippen LogP contribution in [0.3, 0.4) is 0 Å². The largest absolute Gasteiger partial charge is 0.490 e. The van der Waals surface area contributed by atoms with Gasteiger partial charge in [-0.3, -0.25) is 4.99 Å². The van der Waals surface area contributed by atoms with Crippen LogP contribution in [0.5, 0.6) is 11.5 Å². The Bertz CT molecular complexity index is 1030. The summed E-state index contributed by atoms with van der Waals surface area (Å²) in [7, 11) is 0. The van der Waals surface area contributed by atoms with Crippen LogP contribution >= 0.6 is 11.6 Å². The van der Waals surface area contributed by atoms with Crippen LogP contribution in [0.15, 0.2) is 59.6 Å². The fourth-order valence-corrected chi connectivity index (χ4v) is 3.06. The van der Waals surface area contributed by atoms with Gasteiger partial charge < -0.3 is 9.47 Å². The molecule has 29 heavy (non-hydrogen) atoms. The van der Waals surface area contributed by atoms with Crippen molar-refractivity contribution < 1.29 is 13.9 Å². The van der Waals surface area contributed by atoms with E-state index in [1.165, 1.54) is 17.2 Å². The highest BCUT2D eigenvalue weighted by Gasteiger charge is 2.13. The molecule has 0 aliphatic heterocycles. The number of benzene rings is 3. The van der Waals surface area contributed by atoms with Crippen molar-refractivity contribution in [3.63, 3.8) is 0 Å². The number of aryl methyl sites for hydroxylation is 2. The van der Waals surface area contributed by atoms with Crippen molar-refractivity contribution in [3.05, 3.63) is 87.7 Å². The van der Waals surface area contributed by atoms with E-state index in [2.05, 4.69) is 18.8 Å². The minimum Gasteiger partial charge on any atom is -0.490 e. The molecule has 0 aliphatic rings. The first-order valence-electron chi connectivity index (χ1n) is 9.41. The average molecular weight is 412 g/mol. The molecule has 0 N–H and O–H groups in total. The van der Waals surface area contributed by atoms with Crippen molar-refractivity contribution in [1.82, 2.24) is 0 Å². The topological polar surface area (TPSA) is 30.8 Å². The zero-order chi connectivity index (χ0) is 20.8. The van der Waals surface area contributed by atoms with E-state index in [0.717, 1.165) is 11.3 Å². The Balaban J connectivity index is 1.84. The molecule has 3 nitrogen and oxygen atoms in total. The van der Waals surface area contributed by atoms with E-state index >= 15 is 0 Å². The smallest absolute Gasteiger partial charge is 0.180 e. The van der Waals surface area contributed by atoms with E-state index in [-0.39, 0.29) is 12.4 Å². The third-order valence-electron chi connectivity index (χ3n) is 4.51. The van der Waals surface area contributed by atoms with Gasteiger partial charge in [0, 0.05) is 11.8 Å². The molecule has 0 spiro atoms. The van der Waals surface area contributed by atoms with Gasteiger partial charge in [0.25, 0.3) is 0 Å². The Morgan fingerprint density at radius 1 is 1.00 bits per heavy atom. The summed E-state index contributed by atoms with van der Waals surface area (Å²) in [5, 5.41) is 0.383. The standard InChI is InChI=1S/C24H23ClFNO2/c1-4-28-23-13-18(14-27-20-10-9-16(2)17(3)11-20)12-21(25)24(23)29-15-19-7-5-6-8-22(19)26/h5-14H,4,15H2,1-3H3. The van der Waals surface area contributed by atoms with Gasteiger partial charge in [-0.1, -0.05) is 35.9 Å². The number of halogens is 2. The van der Waals surface area contributed by atoms with E-state index in [1.54, 1.807) is 30.5 Å². The molecule has 3 rings (SSSR count). The molecular weight excluding hydrogens is 389 g/mol. The fourth-order valence-electron chi connectivity index (χ4n) is 2.79. The highest BCUT2D eigenvalue weighted by Crippen LogP contribution is 2.37. The number of hydrogen-bond donors (Lipinski definition) is 0. The van der Waals surface area contributed by atoms with Crippen LogP contribution < -0.4 is 9.47 Å². The molecule has 150 valence electrons. The van der Waals surface area contributed by atoms with Crippen LogP contribution in [0.1, 0.15) is 29.2 Å². The van der Waals surface area contributed by atoms with E-state index in [1.807, 2.05) is 31.2 Å². The van der Waals surface area contributed by atoms with Gasteiger partial charge in [-0.2, -0.15) is 0 Å². The summed E-state index contributed by atoms with van der Waals surface area (Å²) in [6.45, 7) is 6.51. The average Bonchev–Trinajstić information content (AvgIpc) is 2.70. The summed E-state index contributed by atoms with van der Waals surface area (Å²) in [4.78, 5) is 4.53. The summed E-state index contributed by atoms with van der Waals surface area (Å²) in [6, 6.07) is 16.1. The molecule has 0 atom stereocenters. The predicted octanol–water partition coefficient (Wildman–Crippen LogP) is 6.82. The molecule has 0 aromatic heterocycles. The minimum atomic E-state index is -0.321. The maximum absolute atomic E-state index is 13.9. The Hall–Kier alpha value is -2.85. The van der Waals surface area contributed by atoms with Crippen LogP contribution in [0.4, 0.5) is 10.1 Å². The Morgan fingerprint density at radius 3 is 2.52 bits per heavy atom. The molecule has 3 aromatic rings. The Labute approximate surface area is 175 Å². The first kappa shape index (κ1) is 20.9. The van der Waals surface area contributed by atoms with Gasteiger partial charge in [-0.15, -0.1) is 0 Å². The lowest BCUT2D eigenvalue weighted by Gasteiger charge is -2.14. The van der Waals surface area contributed by atoms with Crippen molar-refractivity contribution in [3.8, 4) is 11.5 Å². The molecule has 0 heterocycles. The van der Waals surface area contributed by atoms with Crippen LogP contribution in [-0.2, 0) is 6.61 Å². The monoisotopic (exact) mass is 411 g/mol. The molecule has 0 radical (unpaired) electrons. The minimum absolute atomic E-state index is 0.0581. The van der Waals surface area contributed by atoms with E-state index in [4.69, 9.17) is 21.1 Å². The van der Waals surface area contributed by atoms with Crippen LogP contribution in [-0.4, -0.2) is 12.8 Å². The number of nitrogens with zero attached hydrogens (tertiary/aromatic N) is 1. The Morgan fingerprint density at radius 2 is 1.79 bits per heavy atom. The first-order chi connectivity index (χ1) is 14.0. The number of hydrogen-bond acceptors (Lipinski definition) is 3. The summed E-state index contributed by atoms with van der Waals surface area (Å²) < 4.78 is 25.4. The van der Waals surface area contributed by atoms with Crippen molar-refractivity contribution in [2.75, 3.05) is 6.61 Å². The molecule has 0 saturated heterocycles. The summed E-state index contributed by atoms with van der Waals surface area (Å²) in [5.41, 5.74) is 4.51. The first-order valence-corrected chi connectivity index (χ1v) is 9.79. The molecule has 0 amide bonds. The summed E-state index contributed by atoms with van der Waals surface area (Å²) in [5.74, 6) is 0.566. The molecule has 0 aliphatic carbocycles. The fraction of sp³-hybridized carbons (Fsp3) is 0.208. The molecule has 0 unspecified atom stereocenters. The second-order valence-corrected chi connectivity index (χ2v) is 7.08. The maximum atomic E-state index is 13.9. The molecule has 0 fully saturated rings. The molecule has 0 bridgehead atoms. The molecule has 0 saturated carbocycles. The van der Waals surface area contributed by atoms with Gasteiger partial charge in [0.2, 0.25) is 0 Å². The van der Waals surface area contributed by atoms with Crippen molar-refractivity contribution in [2.45, 2.75) is 27.4 Å². The van der Waals surface area contributed by atoms with Gasteiger partial charge in [-0.05, 0) is 67.8 Å². The normalized spacial score (nSPS) is 11.1. The third kappa shape index (κ3) is 5.36. The van der Waals surface area contributed by atoms with Gasteiger partial charge in [0.15, 0.2) is 11.5 Å². The second-order valence-electron chi connectivity index (χ2n) is 6.67. The maximum Gasteiger partial charge on any atom is 0.180 e. The quantitative estimate of drug-likeness (QED) is 0.399. The lowest BCUT2D eigenvalue weighted by Crippen LogP contribution is -2.02. The van der Waals surface area contributed by atoms with Crippen molar-refractivity contribution in [2.24, 2.45) is 4.99 Å². The zero-order valence-corrected chi connectivity index (χ0v) is 17.5. The zero-order valence-electron chi connectivity index (χ0n) is 16.7. The third-order valence-corrected chi connectivity index (χ3v) is 4.80. The number of ether oxygens (including phenoxy) is 2. The predicted molar refractivity (Wildman–Crippen MR) is 117 cm³/mol. The summed E-state index contributed by atoms with van der Waals surface area (Å²) in [6.07, 6.45) is 1.74. The van der Waals surface area contributed by atoms with Gasteiger partial charge in [-0.25, -0.2) is 4.39 Å². The lowest BCUT2D eigenvalue weighted by molar-refractivity contribution is 0.266. The van der Waals surface area contributed by atoms with Crippen LogP contribution in [0.2, 0.25) is 5.02 Å². The summed E-state index contributed by atoms with van der Waals surface area (Å²) >= 11 is 6.44. The SMILES string of the molecule is CCOc1cc(C=Nc2ccc(C)c(C)c2)cc(Cl)c1OCc1ccccc1F. The Kier molecular flexibility index (Phi) is 6.89. The van der Waals surface area contributed by atoms with Gasteiger partial charge >= 0.3 is 0 Å². The molecular formula is C24H23ClFNO2. The molecule has 3 aromatic carbocycles. The highest BCUT2D eigenvalue weighted by atomic mass is 35.5. The second kappa shape index (κ2) is 9.57. The van der Waals surface area contributed by atoms with Crippen molar-refractivity contribution >= 4 is 23.5 Å². The number of aliphatic imine (C=N–C) groups is 1.